The molecule has 1 aromatic rings. The summed E-state index contributed by atoms with van der Waals surface area (Å²) in [5, 5.41) is 10.8. The molecule has 1 aromatic heterocycles. The molecular weight excluding hydrogens is 258 g/mol. The molecule has 0 aromatic carbocycles. The molecule has 0 bridgehead atoms. The lowest BCUT2D eigenvalue weighted by atomic mass is 10.3. The predicted molar refractivity (Wildman–Crippen MR) is 61.1 cm³/mol. The SMILES string of the molecule is COC(=O)ON=C(c1nonc1N)N1CCOCC1. The summed E-state index contributed by atoms with van der Waals surface area (Å²) in [4.78, 5) is 17.3. The van der Waals surface area contributed by atoms with Crippen molar-refractivity contribution < 1.29 is 23.7 Å². The summed E-state index contributed by atoms with van der Waals surface area (Å²) >= 11 is 0. The van der Waals surface area contributed by atoms with Crippen molar-refractivity contribution in [2.75, 3.05) is 39.1 Å². The maximum Gasteiger partial charge on any atom is 0.534 e. The first kappa shape index (κ1) is 13.1. The number of carbonyl (C=O) groups is 1. The van der Waals surface area contributed by atoms with E-state index < -0.39 is 6.16 Å². The van der Waals surface area contributed by atoms with Gasteiger partial charge in [0.1, 0.15) is 0 Å². The smallest absolute Gasteiger partial charge is 0.436 e. The van der Waals surface area contributed by atoms with Crippen LogP contribution in [0.5, 0.6) is 0 Å². The van der Waals surface area contributed by atoms with Crippen LogP contribution in [-0.2, 0) is 14.3 Å². The molecule has 0 amide bonds. The molecule has 104 valence electrons. The Morgan fingerprint density at radius 1 is 1.42 bits per heavy atom. The summed E-state index contributed by atoms with van der Waals surface area (Å²) in [5.41, 5.74) is 5.81. The summed E-state index contributed by atoms with van der Waals surface area (Å²) in [6.07, 6.45) is -0.944. The standard InChI is InChI=1S/C9H13N5O5/c1-16-9(15)18-13-8(6-7(10)12-19-11-6)14-2-4-17-5-3-14/h2-5H2,1H3,(H2,10,12). The highest BCUT2D eigenvalue weighted by Crippen LogP contribution is 2.12. The van der Waals surface area contributed by atoms with E-state index in [1.807, 2.05) is 0 Å². The van der Waals surface area contributed by atoms with E-state index in [1.54, 1.807) is 4.90 Å². The molecule has 1 aliphatic heterocycles. The summed E-state index contributed by atoms with van der Waals surface area (Å²) < 4.78 is 14.1. The number of carbonyl (C=O) groups excluding carboxylic acids is 1. The van der Waals surface area contributed by atoms with E-state index in [4.69, 9.17) is 10.5 Å². The monoisotopic (exact) mass is 271 g/mol. The van der Waals surface area contributed by atoms with Gasteiger partial charge in [0.25, 0.3) is 0 Å². The third kappa shape index (κ3) is 3.10. The van der Waals surface area contributed by atoms with E-state index in [1.165, 1.54) is 7.11 Å². The largest absolute Gasteiger partial charge is 0.534 e. The number of rotatable bonds is 2. The van der Waals surface area contributed by atoms with Gasteiger partial charge >= 0.3 is 6.16 Å². The third-order valence-electron chi connectivity index (χ3n) is 2.41. The molecule has 0 aliphatic carbocycles. The fourth-order valence-electron chi connectivity index (χ4n) is 1.49. The van der Waals surface area contributed by atoms with Crippen LogP contribution in [0.2, 0.25) is 0 Å². The number of aromatic nitrogens is 2. The second-order valence-electron chi connectivity index (χ2n) is 3.56. The Hall–Kier alpha value is -2.36. The van der Waals surface area contributed by atoms with E-state index in [-0.39, 0.29) is 17.3 Å². The van der Waals surface area contributed by atoms with Gasteiger partial charge in [0.15, 0.2) is 11.5 Å². The number of ether oxygens (including phenoxy) is 2. The second-order valence-corrected chi connectivity index (χ2v) is 3.56. The highest BCUT2D eigenvalue weighted by molar-refractivity contribution is 6.00. The van der Waals surface area contributed by atoms with Crippen molar-refractivity contribution >= 4 is 17.8 Å². The van der Waals surface area contributed by atoms with Crippen LogP contribution in [0.4, 0.5) is 10.6 Å². The Kier molecular flexibility index (Phi) is 4.13. The average Bonchev–Trinajstić information content (AvgIpc) is 2.86. The van der Waals surface area contributed by atoms with Gasteiger partial charge in [-0.3, -0.25) is 4.84 Å². The molecular formula is C9H13N5O5. The van der Waals surface area contributed by atoms with Crippen molar-refractivity contribution in [3.05, 3.63) is 5.69 Å². The van der Waals surface area contributed by atoms with Crippen LogP contribution in [0.1, 0.15) is 5.69 Å². The molecule has 19 heavy (non-hydrogen) atoms. The van der Waals surface area contributed by atoms with Crippen molar-refractivity contribution in [1.82, 2.24) is 15.2 Å². The lowest BCUT2D eigenvalue weighted by Gasteiger charge is -2.27. The van der Waals surface area contributed by atoms with Crippen molar-refractivity contribution in [2.45, 2.75) is 0 Å². The summed E-state index contributed by atoms with van der Waals surface area (Å²) in [5.74, 6) is 0.297. The number of nitrogens with two attached hydrogens (primary N) is 1. The van der Waals surface area contributed by atoms with E-state index in [9.17, 15) is 4.79 Å². The van der Waals surface area contributed by atoms with Crippen molar-refractivity contribution in [3.8, 4) is 0 Å². The van der Waals surface area contributed by atoms with Gasteiger partial charge in [0, 0.05) is 13.1 Å². The molecule has 2 heterocycles. The van der Waals surface area contributed by atoms with Crippen LogP contribution in [0, 0.1) is 0 Å². The number of hydrogen-bond acceptors (Lipinski definition) is 9. The zero-order chi connectivity index (χ0) is 13.7. The number of nitrogen functional groups attached to an aromatic ring is 1. The van der Waals surface area contributed by atoms with Crippen LogP contribution >= 0.6 is 0 Å². The molecule has 0 radical (unpaired) electrons. The Morgan fingerprint density at radius 2 is 2.16 bits per heavy atom. The molecule has 2 rings (SSSR count). The first-order valence-electron chi connectivity index (χ1n) is 5.46. The minimum absolute atomic E-state index is 0.0544. The fourth-order valence-corrected chi connectivity index (χ4v) is 1.49. The van der Waals surface area contributed by atoms with E-state index in [2.05, 4.69) is 29.7 Å². The number of morpholine rings is 1. The van der Waals surface area contributed by atoms with Gasteiger partial charge in [-0.15, -0.1) is 0 Å². The van der Waals surface area contributed by atoms with Crippen LogP contribution in [-0.4, -0.2) is 60.6 Å². The van der Waals surface area contributed by atoms with Gasteiger partial charge in [-0.05, 0) is 10.3 Å². The molecule has 1 fully saturated rings. The first-order valence-corrected chi connectivity index (χ1v) is 5.46. The molecule has 0 spiro atoms. The topological polar surface area (TPSA) is 125 Å². The minimum atomic E-state index is -0.944. The molecule has 0 saturated carbocycles. The Morgan fingerprint density at radius 3 is 2.74 bits per heavy atom. The fraction of sp³-hybridized carbons (Fsp3) is 0.556. The highest BCUT2D eigenvalue weighted by atomic mass is 16.8. The number of oxime groups is 1. The molecule has 10 nitrogen and oxygen atoms in total. The lowest BCUT2D eigenvalue weighted by molar-refractivity contribution is 0.0595. The molecule has 10 heteroatoms. The normalized spacial score (nSPS) is 16.3. The number of nitrogens with zero attached hydrogens (tertiary/aromatic N) is 4. The van der Waals surface area contributed by atoms with E-state index in [0.717, 1.165) is 0 Å². The Bertz CT molecular complexity index is 467. The van der Waals surface area contributed by atoms with Gasteiger partial charge in [-0.1, -0.05) is 5.16 Å². The van der Waals surface area contributed by atoms with Crippen LogP contribution in [0.25, 0.3) is 0 Å². The quantitative estimate of drug-likeness (QED) is 0.247. The number of hydrogen-bond donors (Lipinski definition) is 1. The van der Waals surface area contributed by atoms with Gasteiger partial charge in [0.05, 0.1) is 20.3 Å². The summed E-state index contributed by atoms with van der Waals surface area (Å²) in [6, 6.07) is 0. The van der Waals surface area contributed by atoms with Crippen LogP contribution in [0.3, 0.4) is 0 Å². The molecule has 0 atom stereocenters. The van der Waals surface area contributed by atoms with Crippen molar-refractivity contribution in [1.29, 1.82) is 0 Å². The van der Waals surface area contributed by atoms with Crippen LogP contribution < -0.4 is 5.73 Å². The average molecular weight is 271 g/mol. The van der Waals surface area contributed by atoms with Crippen LogP contribution in [0.15, 0.2) is 9.78 Å². The van der Waals surface area contributed by atoms with E-state index >= 15 is 0 Å². The number of methoxy groups -OCH3 is 1. The van der Waals surface area contributed by atoms with Gasteiger partial charge in [0.2, 0.25) is 5.84 Å². The summed E-state index contributed by atoms with van der Waals surface area (Å²) in [7, 11) is 1.18. The predicted octanol–water partition coefficient (Wildman–Crippen LogP) is -0.571. The Balaban J connectivity index is 2.22. The third-order valence-corrected chi connectivity index (χ3v) is 2.41. The molecule has 1 saturated heterocycles. The Labute approximate surface area is 108 Å². The van der Waals surface area contributed by atoms with Crippen molar-refractivity contribution in [2.24, 2.45) is 5.16 Å². The highest BCUT2D eigenvalue weighted by Gasteiger charge is 2.24. The molecule has 1 aliphatic rings. The minimum Gasteiger partial charge on any atom is -0.436 e. The van der Waals surface area contributed by atoms with Crippen molar-refractivity contribution in [3.63, 3.8) is 0 Å². The van der Waals surface area contributed by atoms with Gasteiger partial charge < -0.3 is 20.1 Å². The van der Waals surface area contributed by atoms with E-state index in [0.29, 0.717) is 26.3 Å². The van der Waals surface area contributed by atoms with Gasteiger partial charge in [-0.2, -0.15) is 0 Å². The summed E-state index contributed by atoms with van der Waals surface area (Å²) in [6.45, 7) is 2.14. The zero-order valence-corrected chi connectivity index (χ0v) is 10.2. The number of anilines is 1. The zero-order valence-electron chi connectivity index (χ0n) is 10.2. The maximum absolute atomic E-state index is 11.0. The number of amidine groups is 1. The lowest BCUT2D eigenvalue weighted by Crippen LogP contribution is -2.41. The first-order chi connectivity index (χ1) is 9.22. The maximum atomic E-state index is 11.0. The molecule has 2 N–H and O–H groups in total. The van der Waals surface area contributed by atoms with Gasteiger partial charge in [-0.25, -0.2) is 9.42 Å². The molecule has 0 unspecified atom stereocenters. The second kappa shape index (κ2) is 6.00.